The Morgan fingerprint density at radius 2 is 2.06 bits per heavy atom. The number of anilines is 1. The minimum atomic E-state index is -0.464. The number of hydrogen-bond donors (Lipinski definition) is 2. The zero-order valence-corrected chi connectivity index (χ0v) is 20.4. The summed E-state index contributed by atoms with van der Waals surface area (Å²) < 4.78 is 6.07. The average Bonchev–Trinajstić information content (AvgIpc) is 3.13. The maximum absolute atomic E-state index is 12.9. The van der Waals surface area contributed by atoms with Crippen LogP contribution in [0.4, 0.5) is 5.69 Å². The van der Waals surface area contributed by atoms with E-state index in [2.05, 4.69) is 51.9 Å². The molecule has 2 bridgehead atoms. The number of esters is 1. The van der Waals surface area contributed by atoms with Crippen LogP contribution in [0.25, 0.3) is 10.9 Å². The number of ether oxygens (including phenoxy) is 1. The molecule has 2 aromatic rings. The van der Waals surface area contributed by atoms with Gasteiger partial charge in [0.05, 0.1) is 12.3 Å². The van der Waals surface area contributed by atoms with Gasteiger partial charge in [-0.05, 0) is 55.2 Å². The van der Waals surface area contributed by atoms with E-state index in [1.54, 1.807) is 6.92 Å². The lowest BCUT2D eigenvalue weighted by Crippen LogP contribution is -2.35. The van der Waals surface area contributed by atoms with E-state index in [0.717, 1.165) is 28.5 Å². The summed E-state index contributed by atoms with van der Waals surface area (Å²) in [5, 5.41) is 3.78. The third-order valence-corrected chi connectivity index (χ3v) is 7.15. The second-order valence-corrected chi connectivity index (χ2v) is 11.2. The Bertz CT molecular complexity index is 1010. The third-order valence-electron chi connectivity index (χ3n) is 6.65. The Morgan fingerprint density at radius 1 is 1.29 bits per heavy atom. The van der Waals surface area contributed by atoms with Crippen LogP contribution < -0.4 is 5.32 Å². The second-order valence-electron chi connectivity index (χ2n) is 10.3. The molecular formula is C24H32BrN3O3. The number of carbonyl (C=O) groups is 2. The molecule has 1 aromatic heterocycles. The predicted molar refractivity (Wildman–Crippen MR) is 126 cm³/mol. The van der Waals surface area contributed by atoms with Crippen molar-refractivity contribution in [2.75, 3.05) is 25.0 Å². The first-order chi connectivity index (χ1) is 14.6. The van der Waals surface area contributed by atoms with Crippen molar-refractivity contribution >= 4 is 44.4 Å². The number of halogens is 1. The van der Waals surface area contributed by atoms with Gasteiger partial charge in [-0.1, -0.05) is 36.7 Å². The number of likely N-dealkylation sites (tertiary alicyclic amines) is 1. The van der Waals surface area contributed by atoms with Crippen LogP contribution in [0.2, 0.25) is 0 Å². The van der Waals surface area contributed by atoms with Crippen LogP contribution in [-0.4, -0.2) is 47.5 Å². The normalized spacial score (nSPS) is 25.0. The van der Waals surface area contributed by atoms with Crippen molar-refractivity contribution in [3.8, 4) is 0 Å². The van der Waals surface area contributed by atoms with Crippen molar-refractivity contribution < 1.29 is 14.3 Å². The van der Waals surface area contributed by atoms with Crippen molar-refractivity contribution in [2.45, 2.75) is 59.4 Å². The number of H-pyrrole nitrogens is 1. The Kier molecular flexibility index (Phi) is 5.94. The molecule has 2 aliphatic rings. The fourth-order valence-electron chi connectivity index (χ4n) is 5.94. The van der Waals surface area contributed by atoms with Crippen LogP contribution in [0, 0.1) is 10.8 Å². The lowest BCUT2D eigenvalue weighted by atomic mass is 9.65. The van der Waals surface area contributed by atoms with E-state index in [0.29, 0.717) is 29.0 Å². The van der Waals surface area contributed by atoms with E-state index in [9.17, 15) is 9.59 Å². The number of rotatable bonds is 6. The second kappa shape index (κ2) is 8.24. The van der Waals surface area contributed by atoms with Gasteiger partial charge in [-0.25, -0.2) is 4.79 Å². The fraction of sp³-hybridized carbons (Fsp3) is 0.583. The highest BCUT2D eigenvalue weighted by molar-refractivity contribution is 9.10. The van der Waals surface area contributed by atoms with Gasteiger partial charge in [0, 0.05) is 40.9 Å². The molecule has 1 saturated heterocycles. The molecule has 1 aliphatic carbocycles. The van der Waals surface area contributed by atoms with Gasteiger partial charge in [0.2, 0.25) is 5.91 Å². The van der Waals surface area contributed by atoms with Gasteiger partial charge in [0.25, 0.3) is 0 Å². The van der Waals surface area contributed by atoms with E-state index in [1.807, 2.05) is 18.2 Å². The first-order valence-electron chi connectivity index (χ1n) is 11.1. The van der Waals surface area contributed by atoms with Crippen molar-refractivity contribution in [1.29, 1.82) is 0 Å². The Hall–Kier alpha value is -1.86. The van der Waals surface area contributed by atoms with E-state index in [1.165, 1.54) is 19.3 Å². The smallest absolute Gasteiger partial charge is 0.356 e. The van der Waals surface area contributed by atoms with Crippen molar-refractivity contribution in [2.24, 2.45) is 10.8 Å². The van der Waals surface area contributed by atoms with Gasteiger partial charge in [-0.3, -0.25) is 9.69 Å². The van der Waals surface area contributed by atoms with Crippen LogP contribution in [-0.2, 0) is 9.53 Å². The number of hydrogen-bond acceptors (Lipinski definition) is 4. The number of amides is 1. The number of nitrogens with zero attached hydrogens (tertiary/aromatic N) is 1. The van der Waals surface area contributed by atoms with Crippen LogP contribution in [0.5, 0.6) is 0 Å². The highest BCUT2D eigenvalue weighted by Gasteiger charge is 2.49. The largest absolute Gasteiger partial charge is 0.461 e. The summed E-state index contributed by atoms with van der Waals surface area (Å²) in [5.74, 6) is -0.550. The molecule has 168 valence electrons. The third kappa shape index (κ3) is 4.67. The zero-order chi connectivity index (χ0) is 22.4. The summed E-state index contributed by atoms with van der Waals surface area (Å²) >= 11 is 3.48. The quantitative estimate of drug-likeness (QED) is 0.537. The monoisotopic (exact) mass is 489 g/mol. The summed E-state index contributed by atoms with van der Waals surface area (Å²) in [6, 6.07) is 6.23. The predicted octanol–water partition coefficient (Wildman–Crippen LogP) is 5.34. The Morgan fingerprint density at radius 3 is 2.81 bits per heavy atom. The summed E-state index contributed by atoms with van der Waals surface area (Å²) in [7, 11) is 0. The number of aromatic nitrogens is 1. The van der Waals surface area contributed by atoms with Gasteiger partial charge in [0.15, 0.2) is 0 Å². The summed E-state index contributed by atoms with van der Waals surface area (Å²) in [5.41, 5.74) is 2.27. The number of benzene rings is 1. The van der Waals surface area contributed by atoms with Gasteiger partial charge < -0.3 is 15.0 Å². The van der Waals surface area contributed by atoms with Crippen LogP contribution in [0.15, 0.2) is 22.7 Å². The molecule has 0 spiro atoms. The summed E-state index contributed by atoms with van der Waals surface area (Å²) in [6.07, 6.45) is 4.05. The lowest BCUT2D eigenvalue weighted by molar-refractivity contribution is -0.116. The molecule has 2 heterocycles. The molecule has 2 fully saturated rings. The summed E-state index contributed by atoms with van der Waals surface area (Å²) in [4.78, 5) is 31.0. The molecule has 0 radical (unpaired) electrons. The maximum Gasteiger partial charge on any atom is 0.356 e. The van der Waals surface area contributed by atoms with Crippen molar-refractivity contribution in [3.05, 3.63) is 28.4 Å². The Labute approximate surface area is 192 Å². The first-order valence-corrected chi connectivity index (χ1v) is 11.9. The molecule has 4 rings (SSSR count). The maximum atomic E-state index is 12.9. The molecule has 0 unspecified atom stereocenters. The number of nitrogens with one attached hydrogen (secondary N) is 2. The number of aromatic amines is 1. The molecule has 1 amide bonds. The fourth-order valence-corrected chi connectivity index (χ4v) is 6.30. The minimum Gasteiger partial charge on any atom is -0.461 e. The van der Waals surface area contributed by atoms with E-state index in [-0.39, 0.29) is 18.2 Å². The summed E-state index contributed by atoms with van der Waals surface area (Å²) in [6.45, 7) is 10.9. The molecule has 2 N–H and O–H groups in total. The molecule has 1 aliphatic heterocycles. The van der Waals surface area contributed by atoms with E-state index in [4.69, 9.17) is 4.74 Å². The van der Waals surface area contributed by atoms with Gasteiger partial charge in [-0.2, -0.15) is 0 Å². The van der Waals surface area contributed by atoms with Gasteiger partial charge in [-0.15, -0.1) is 0 Å². The average molecular weight is 490 g/mol. The highest BCUT2D eigenvalue weighted by Crippen LogP contribution is 2.52. The SMILES string of the molecule is CCOC(=O)c1[nH]c2ccc(Br)cc2c1NC(=O)CCN1C[C@@]2(C)C[C@H]1CC(C)(C)C2. The topological polar surface area (TPSA) is 74.4 Å². The van der Waals surface area contributed by atoms with Gasteiger partial charge >= 0.3 is 5.97 Å². The molecule has 31 heavy (non-hydrogen) atoms. The molecular weight excluding hydrogens is 458 g/mol. The molecule has 1 saturated carbocycles. The van der Waals surface area contributed by atoms with Crippen LogP contribution in [0.1, 0.15) is 63.9 Å². The first kappa shape index (κ1) is 22.3. The van der Waals surface area contributed by atoms with Crippen LogP contribution in [0.3, 0.4) is 0 Å². The lowest BCUT2D eigenvalue weighted by Gasteiger charge is -2.39. The van der Waals surface area contributed by atoms with Crippen molar-refractivity contribution in [1.82, 2.24) is 9.88 Å². The molecule has 6 nitrogen and oxygen atoms in total. The van der Waals surface area contributed by atoms with Gasteiger partial charge in [0.1, 0.15) is 5.69 Å². The molecule has 2 atom stereocenters. The zero-order valence-electron chi connectivity index (χ0n) is 18.8. The molecule has 7 heteroatoms. The number of carbonyl (C=O) groups excluding carboxylic acids is 2. The minimum absolute atomic E-state index is 0.0858. The Balaban J connectivity index is 1.48. The number of fused-ring (bicyclic) bond motifs is 3. The van der Waals surface area contributed by atoms with E-state index >= 15 is 0 Å². The molecule has 1 aromatic carbocycles. The van der Waals surface area contributed by atoms with Crippen LogP contribution >= 0.6 is 15.9 Å². The van der Waals surface area contributed by atoms with E-state index < -0.39 is 5.97 Å². The highest BCUT2D eigenvalue weighted by atomic mass is 79.9. The standard InChI is InChI=1S/C24H32BrN3O3/c1-5-31-22(30)21-20(17-10-15(25)6-7-18(17)26-21)27-19(29)8-9-28-14-24(4)12-16(28)11-23(2,3)13-24/h6-7,10,16,26H,5,8-9,11-14H2,1-4H3,(H,27,29)/t16-,24+/m1/s1. The van der Waals surface area contributed by atoms with Crippen molar-refractivity contribution in [3.63, 3.8) is 0 Å².